The average molecular weight is 435 g/mol. The Balaban J connectivity index is 1.52. The van der Waals surface area contributed by atoms with Crippen LogP contribution in [0.15, 0.2) is 54.9 Å². The molecule has 4 rings (SSSR count). The molecule has 0 unspecified atom stereocenters. The van der Waals surface area contributed by atoms with Crippen LogP contribution in [0.3, 0.4) is 0 Å². The number of aromatic nitrogens is 4. The molecule has 4 aromatic rings. The van der Waals surface area contributed by atoms with Crippen molar-refractivity contribution in [3.8, 4) is 5.69 Å². The Hall–Kier alpha value is -3.53. The minimum atomic E-state index is -4.62. The van der Waals surface area contributed by atoms with E-state index in [1.807, 2.05) is 0 Å². The van der Waals surface area contributed by atoms with E-state index in [1.165, 1.54) is 12.4 Å². The van der Waals surface area contributed by atoms with Crippen molar-refractivity contribution in [2.75, 3.05) is 5.32 Å². The molecule has 0 aliphatic rings. The second-order valence-corrected chi connectivity index (χ2v) is 6.79. The molecule has 2 aromatic heterocycles. The monoisotopic (exact) mass is 434 g/mol. The van der Waals surface area contributed by atoms with Gasteiger partial charge in [0.2, 0.25) is 0 Å². The minimum absolute atomic E-state index is 0.142. The predicted molar refractivity (Wildman–Crippen MR) is 106 cm³/mol. The fourth-order valence-electron chi connectivity index (χ4n) is 2.88. The van der Waals surface area contributed by atoms with Crippen molar-refractivity contribution in [1.29, 1.82) is 0 Å². The molecule has 2 heterocycles. The van der Waals surface area contributed by atoms with Crippen molar-refractivity contribution in [2.24, 2.45) is 0 Å². The molecule has 154 valence electrons. The van der Waals surface area contributed by atoms with E-state index in [9.17, 15) is 18.0 Å². The molecule has 0 spiro atoms. The first kappa shape index (κ1) is 19.8. The summed E-state index contributed by atoms with van der Waals surface area (Å²) >= 11 is 5.94. The summed E-state index contributed by atoms with van der Waals surface area (Å²) in [5.74, 6) is 0. The van der Waals surface area contributed by atoms with Gasteiger partial charge in [0.05, 0.1) is 35.3 Å². The van der Waals surface area contributed by atoms with Crippen LogP contribution in [-0.4, -0.2) is 25.8 Å². The van der Waals surface area contributed by atoms with Crippen LogP contribution in [0.25, 0.3) is 16.7 Å². The van der Waals surface area contributed by atoms with Gasteiger partial charge in [0.15, 0.2) is 5.69 Å². The third-order valence-electron chi connectivity index (χ3n) is 4.23. The number of hydrogen-bond donors (Lipinski definition) is 3. The number of hydrogen-bond acceptors (Lipinski definition) is 3. The van der Waals surface area contributed by atoms with E-state index in [2.05, 4.69) is 25.7 Å². The standard InChI is InChI=1S/C19H14ClF3N6O/c20-11-2-1-3-13(6-11)29-14(8-17(28-29)19(21,22)23)9-24-18(30)27-12-4-5-15-16(7-12)26-10-25-15/h1-8,10H,9H2,(H,25,26)(H2,24,27,30). The number of rotatable bonds is 4. The third kappa shape index (κ3) is 4.23. The number of carbonyl (C=O) groups excluding carboxylic acids is 1. The summed E-state index contributed by atoms with van der Waals surface area (Å²) in [6.45, 7) is -0.187. The highest BCUT2D eigenvalue weighted by Gasteiger charge is 2.35. The summed E-state index contributed by atoms with van der Waals surface area (Å²) in [6, 6.07) is 11.6. The molecule has 0 saturated carbocycles. The maximum Gasteiger partial charge on any atom is 0.435 e. The molecule has 0 aliphatic heterocycles. The van der Waals surface area contributed by atoms with E-state index in [1.54, 1.807) is 36.4 Å². The highest BCUT2D eigenvalue weighted by molar-refractivity contribution is 6.30. The largest absolute Gasteiger partial charge is 0.435 e. The Kier molecular flexibility index (Phi) is 5.08. The number of aromatic amines is 1. The number of imidazole rings is 1. The second kappa shape index (κ2) is 7.71. The van der Waals surface area contributed by atoms with E-state index in [-0.39, 0.29) is 12.2 Å². The summed E-state index contributed by atoms with van der Waals surface area (Å²) in [4.78, 5) is 19.3. The highest BCUT2D eigenvalue weighted by atomic mass is 35.5. The summed E-state index contributed by atoms with van der Waals surface area (Å²) in [5.41, 5.74) is 1.41. The normalized spacial score (nSPS) is 11.6. The maximum absolute atomic E-state index is 13.2. The van der Waals surface area contributed by atoms with Gasteiger partial charge in [0.1, 0.15) is 0 Å². The molecule has 11 heteroatoms. The van der Waals surface area contributed by atoms with E-state index < -0.39 is 17.9 Å². The number of H-pyrrole nitrogens is 1. The van der Waals surface area contributed by atoms with Gasteiger partial charge in [-0.05, 0) is 42.5 Å². The van der Waals surface area contributed by atoms with E-state index in [4.69, 9.17) is 11.6 Å². The molecule has 0 atom stereocenters. The minimum Gasteiger partial charge on any atom is -0.345 e. The van der Waals surface area contributed by atoms with E-state index >= 15 is 0 Å². The number of urea groups is 1. The first-order valence-electron chi connectivity index (χ1n) is 8.70. The summed E-state index contributed by atoms with van der Waals surface area (Å²) in [7, 11) is 0. The topological polar surface area (TPSA) is 87.6 Å². The first-order chi connectivity index (χ1) is 14.3. The Morgan fingerprint density at radius 3 is 2.77 bits per heavy atom. The zero-order chi connectivity index (χ0) is 21.3. The molecule has 2 aromatic carbocycles. The number of nitrogens with zero attached hydrogens (tertiary/aromatic N) is 3. The SMILES string of the molecule is O=C(NCc1cc(C(F)(F)F)nn1-c1cccc(Cl)c1)Nc1ccc2nc[nH]c2c1. The molecular formula is C19H14ClF3N6O. The van der Waals surface area contributed by atoms with Gasteiger partial charge >= 0.3 is 12.2 Å². The van der Waals surface area contributed by atoms with Gasteiger partial charge in [-0.3, -0.25) is 0 Å². The van der Waals surface area contributed by atoms with Crippen LogP contribution < -0.4 is 10.6 Å². The Morgan fingerprint density at radius 1 is 1.17 bits per heavy atom. The number of nitrogens with one attached hydrogen (secondary N) is 3. The van der Waals surface area contributed by atoms with Crippen LogP contribution in [0.2, 0.25) is 5.02 Å². The second-order valence-electron chi connectivity index (χ2n) is 6.35. The summed E-state index contributed by atoms with van der Waals surface area (Å²) in [5, 5.41) is 9.15. The lowest BCUT2D eigenvalue weighted by Crippen LogP contribution is -2.29. The number of anilines is 1. The number of carbonyl (C=O) groups is 1. The molecule has 2 amide bonds. The molecular weight excluding hydrogens is 421 g/mol. The quantitative estimate of drug-likeness (QED) is 0.433. The van der Waals surface area contributed by atoms with Gasteiger partial charge in [-0.2, -0.15) is 18.3 Å². The van der Waals surface area contributed by atoms with Crippen LogP contribution in [0.1, 0.15) is 11.4 Å². The van der Waals surface area contributed by atoms with Crippen LogP contribution in [-0.2, 0) is 12.7 Å². The number of benzene rings is 2. The lowest BCUT2D eigenvalue weighted by Gasteiger charge is -2.10. The van der Waals surface area contributed by atoms with Gasteiger partial charge in [-0.15, -0.1) is 0 Å². The van der Waals surface area contributed by atoms with Gasteiger partial charge in [0.25, 0.3) is 0 Å². The zero-order valence-electron chi connectivity index (χ0n) is 15.2. The van der Waals surface area contributed by atoms with Crippen LogP contribution in [0, 0.1) is 0 Å². The Bertz CT molecular complexity index is 1220. The van der Waals surface area contributed by atoms with Crippen molar-refractivity contribution in [1.82, 2.24) is 25.1 Å². The highest BCUT2D eigenvalue weighted by Crippen LogP contribution is 2.30. The lowest BCUT2D eigenvalue weighted by molar-refractivity contribution is -0.141. The van der Waals surface area contributed by atoms with Gasteiger partial charge in [-0.1, -0.05) is 17.7 Å². The van der Waals surface area contributed by atoms with Crippen LogP contribution in [0.4, 0.5) is 23.7 Å². The fourth-order valence-corrected chi connectivity index (χ4v) is 3.06. The van der Waals surface area contributed by atoms with Crippen molar-refractivity contribution in [3.63, 3.8) is 0 Å². The summed E-state index contributed by atoms with van der Waals surface area (Å²) < 4.78 is 40.6. The molecule has 0 saturated heterocycles. The average Bonchev–Trinajstić information content (AvgIpc) is 3.32. The fraction of sp³-hybridized carbons (Fsp3) is 0.105. The molecule has 0 aliphatic carbocycles. The van der Waals surface area contributed by atoms with Crippen LogP contribution >= 0.6 is 11.6 Å². The molecule has 0 fully saturated rings. The number of alkyl halides is 3. The molecule has 0 radical (unpaired) electrons. The summed E-state index contributed by atoms with van der Waals surface area (Å²) in [6.07, 6.45) is -3.09. The molecule has 0 bridgehead atoms. The van der Waals surface area contributed by atoms with Crippen molar-refractivity contribution < 1.29 is 18.0 Å². The predicted octanol–water partition coefficient (Wildman–Crippen LogP) is 4.74. The van der Waals surface area contributed by atoms with Crippen molar-refractivity contribution in [3.05, 3.63) is 71.3 Å². The maximum atomic E-state index is 13.2. The Morgan fingerprint density at radius 2 is 2.00 bits per heavy atom. The van der Waals surface area contributed by atoms with Gasteiger partial charge < -0.3 is 15.6 Å². The van der Waals surface area contributed by atoms with Crippen molar-refractivity contribution >= 4 is 34.4 Å². The molecule has 7 nitrogen and oxygen atoms in total. The smallest absolute Gasteiger partial charge is 0.345 e. The lowest BCUT2D eigenvalue weighted by atomic mass is 10.3. The number of amides is 2. The van der Waals surface area contributed by atoms with Crippen molar-refractivity contribution in [2.45, 2.75) is 12.7 Å². The van der Waals surface area contributed by atoms with E-state index in [0.29, 0.717) is 16.4 Å². The van der Waals surface area contributed by atoms with Gasteiger partial charge in [0, 0.05) is 10.7 Å². The zero-order valence-corrected chi connectivity index (χ0v) is 15.9. The molecule has 3 N–H and O–H groups in total. The number of halogens is 4. The third-order valence-corrected chi connectivity index (χ3v) is 4.47. The number of fused-ring (bicyclic) bond motifs is 1. The first-order valence-corrected chi connectivity index (χ1v) is 9.07. The van der Waals surface area contributed by atoms with Gasteiger partial charge in [-0.25, -0.2) is 14.5 Å². The van der Waals surface area contributed by atoms with E-state index in [0.717, 1.165) is 21.8 Å². The molecule has 30 heavy (non-hydrogen) atoms. The Labute approximate surface area is 172 Å². The van der Waals surface area contributed by atoms with Crippen LogP contribution in [0.5, 0.6) is 0 Å².